The molecular weight excluding hydrogens is 308 g/mol. The van der Waals surface area contributed by atoms with Crippen molar-refractivity contribution in [3.05, 3.63) is 23.6 Å². The maximum Gasteiger partial charge on any atom is 0.411 e. The monoisotopic (exact) mass is 322 g/mol. The first-order valence-electron chi connectivity index (χ1n) is 6.58. The van der Waals surface area contributed by atoms with Crippen LogP contribution in [0, 0.1) is 5.82 Å². The van der Waals surface area contributed by atoms with Crippen LogP contribution in [-0.4, -0.2) is 48.0 Å². The predicted octanol–water partition coefficient (Wildman–Crippen LogP) is 2.47. The smallest absolute Gasteiger partial charge is 0.411 e. The van der Waals surface area contributed by atoms with Crippen LogP contribution in [-0.2, 0) is 4.74 Å². The largest absolute Gasteiger partial charge is 0.478 e. The minimum atomic E-state index is -4.36. The molecule has 0 unspecified atom stereocenters. The fourth-order valence-corrected chi connectivity index (χ4v) is 2.23. The molecule has 122 valence electrons. The fraction of sp³-hybridized carbons (Fsp3) is 0.538. The van der Waals surface area contributed by atoms with E-state index in [-0.39, 0.29) is 11.4 Å². The molecule has 1 saturated heterocycles. The van der Waals surface area contributed by atoms with Gasteiger partial charge in [0.25, 0.3) is 0 Å². The number of nitrogens with zero attached hydrogens (tertiary/aromatic N) is 2. The number of carboxylic acids is 1. The number of carboxylic acid groups (broad SMARTS) is 1. The first-order chi connectivity index (χ1) is 10.3. The number of rotatable bonds is 4. The molecule has 2 heterocycles. The van der Waals surface area contributed by atoms with Gasteiger partial charge in [0.2, 0.25) is 0 Å². The lowest BCUT2D eigenvalue weighted by atomic mass is 10.1. The molecule has 1 aromatic heterocycles. The number of anilines is 1. The number of piperidine rings is 1. The highest BCUT2D eigenvalue weighted by Gasteiger charge is 2.31. The fourth-order valence-electron chi connectivity index (χ4n) is 2.23. The molecule has 9 heteroatoms. The van der Waals surface area contributed by atoms with E-state index in [9.17, 15) is 22.4 Å². The summed E-state index contributed by atoms with van der Waals surface area (Å²) in [4.78, 5) is 16.1. The lowest BCUT2D eigenvalue weighted by Crippen LogP contribution is -2.39. The molecular formula is C13H14F4N2O3. The van der Waals surface area contributed by atoms with Crippen molar-refractivity contribution >= 4 is 11.8 Å². The van der Waals surface area contributed by atoms with Crippen LogP contribution < -0.4 is 4.90 Å². The van der Waals surface area contributed by atoms with Crippen molar-refractivity contribution in [1.82, 2.24) is 4.98 Å². The molecule has 0 atom stereocenters. The number of hydrogen-bond donors (Lipinski definition) is 1. The molecule has 2 rings (SSSR count). The minimum Gasteiger partial charge on any atom is -0.478 e. The SMILES string of the molecule is O=C(O)c1cnc(N2CCC(OCC(F)(F)F)CC2)c(F)c1. The maximum atomic E-state index is 13.8. The zero-order valence-corrected chi connectivity index (χ0v) is 11.4. The molecule has 1 aliphatic rings. The molecule has 1 N–H and O–H groups in total. The third-order valence-electron chi connectivity index (χ3n) is 3.29. The number of ether oxygens (including phenoxy) is 1. The van der Waals surface area contributed by atoms with E-state index in [2.05, 4.69) is 4.98 Å². The van der Waals surface area contributed by atoms with Crippen molar-refractivity contribution in [2.75, 3.05) is 24.6 Å². The van der Waals surface area contributed by atoms with Crippen molar-refractivity contribution in [2.24, 2.45) is 0 Å². The standard InChI is InChI=1S/C13H14F4N2O3/c14-10-5-8(12(20)21)6-18-11(10)19-3-1-9(2-4-19)22-7-13(15,16)17/h5-6,9H,1-4,7H2,(H,20,21). The van der Waals surface area contributed by atoms with E-state index in [1.807, 2.05) is 0 Å². The molecule has 1 fully saturated rings. The van der Waals surface area contributed by atoms with E-state index in [1.54, 1.807) is 4.90 Å². The van der Waals surface area contributed by atoms with Gasteiger partial charge in [-0.25, -0.2) is 14.2 Å². The van der Waals surface area contributed by atoms with Gasteiger partial charge in [0.1, 0.15) is 6.61 Å². The summed E-state index contributed by atoms with van der Waals surface area (Å²) in [5.74, 6) is -2.05. The van der Waals surface area contributed by atoms with Crippen molar-refractivity contribution in [1.29, 1.82) is 0 Å². The Morgan fingerprint density at radius 2 is 2.05 bits per heavy atom. The number of pyridine rings is 1. The van der Waals surface area contributed by atoms with Gasteiger partial charge >= 0.3 is 12.1 Å². The number of hydrogen-bond acceptors (Lipinski definition) is 4. The van der Waals surface area contributed by atoms with E-state index < -0.39 is 30.7 Å². The third kappa shape index (κ3) is 4.30. The lowest BCUT2D eigenvalue weighted by Gasteiger charge is -2.33. The Hall–Kier alpha value is -1.90. The van der Waals surface area contributed by atoms with Crippen LogP contribution in [0.15, 0.2) is 12.3 Å². The third-order valence-corrected chi connectivity index (χ3v) is 3.29. The Kier molecular flexibility index (Phi) is 4.84. The van der Waals surface area contributed by atoms with E-state index in [0.717, 1.165) is 12.3 Å². The Morgan fingerprint density at radius 3 is 2.55 bits per heavy atom. The number of aromatic nitrogens is 1. The van der Waals surface area contributed by atoms with Gasteiger partial charge < -0.3 is 14.7 Å². The van der Waals surface area contributed by atoms with Gasteiger partial charge in [-0.05, 0) is 18.9 Å². The highest BCUT2D eigenvalue weighted by Crippen LogP contribution is 2.24. The van der Waals surface area contributed by atoms with E-state index in [4.69, 9.17) is 9.84 Å². The van der Waals surface area contributed by atoms with E-state index in [1.165, 1.54) is 0 Å². The minimum absolute atomic E-state index is 0.000675. The Bertz CT molecular complexity index is 543. The first-order valence-corrected chi connectivity index (χ1v) is 6.58. The molecule has 0 bridgehead atoms. The summed E-state index contributed by atoms with van der Waals surface area (Å²) in [7, 11) is 0. The Balaban J connectivity index is 1.93. The summed E-state index contributed by atoms with van der Waals surface area (Å²) in [6.45, 7) is -0.713. The maximum absolute atomic E-state index is 13.8. The van der Waals surface area contributed by atoms with Crippen LogP contribution in [0.5, 0.6) is 0 Å². The molecule has 0 amide bonds. The molecule has 0 aliphatic carbocycles. The molecule has 0 radical (unpaired) electrons. The normalized spacial score (nSPS) is 16.8. The second-order valence-electron chi connectivity index (χ2n) is 4.95. The second kappa shape index (κ2) is 6.47. The summed E-state index contributed by atoms with van der Waals surface area (Å²) in [5.41, 5.74) is -0.260. The van der Waals surface area contributed by atoms with Gasteiger partial charge in [-0.2, -0.15) is 13.2 Å². The van der Waals surface area contributed by atoms with Crippen LogP contribution in [0.1, 0.15) is 23.2 Å². The summed E-state index contributed by atoms with van der Waals surface area (Å²) < 4.78 is 54.8. The van der Waals surface area contributed by atoms with E-state index in [0.29, 0.717) is 25.9 Å². The predicted molar refractivity (Wildman–Crippen MR) is 68.4 cm³/mol. The van der Waals surface area contributed by atoms with Crippen LogP contribution in [0.2, 0.25) is 0 Å². The molecule has 0 saturated carbocycles. The van der Waals surface area contributed by atoms with Crippen LogP contribution >= 0.6 is 0 Å². The molecule has 22 heavy (non-hydrogen) atoms. The first kappa shape index (κ1) is 16.5. The molecule has 5 nitrogen and oxygen atoms in total. The average Bonchev–Trinajstić information content (AvgIpc) is 2.45. The van der Waals surface area contributed by atoms with Gasteiger partial charge in [-0.1, -0.05) is 0 Å². The number of halogens is 4. The van der Waals surface area contributed by atoms with Gasteiger partial charge in [-0.3, -0.25) is 0 Å². The molecule has 1 aromatic rings. The average molecular weight is 322 g/mol. The quantitative estimate of drug-likeness (QED) is 0.863. The zero-order chi connectivity index (χ0) is 16.3. The Morgan fingerprint density at radius 1 is 1.41 bits per heavy atom. The highest BCUT2D eigenvalue weighted by molar-refractivity contribution is 5.87. The van der Waals surface area contributed by atoms with Gasteiger partial charge in [-0.15, -0.1) is 0 Å². The molecule has 1 aliphatic heterocycles. The summed E-state index contributed by atoms with van der Waals surface area (Å²) in [5, 5.41) is 8.74. The van der Waals surface area contributed by atoms with Crippen molar-refractivity contribution in [2.45, 2.75) is 25.1 Å². The highest BCUT2D eigenvalue weighted by atomic mass is 19.4. The summed E-state index contributed by atoms with van der Waals surface area (Å²) in [6, 6.07) is 0.872. The summed E-state index contributed by atoms with van der Waals surface area (Å²) in [6.07, 6.45) is -3.21. The Labute approximate surface area is 123 Å². The number of alkyl halides is 3. The lowest BCUT2D eigenvalue weighted by molar-refractivity contribution is -0.186. The van der Waals surface area contributed by atoms with Crippen LogP contribution in [0.4, 0.5) is 23.4 Å². The van der Waals surface area contributed by atoms with E-state index >= 15 is 0 Å². The second-order valence-corrected chi connectivity index (χ2v) is 4.95. The van der Waals surface area contributed by atoms with Gasteiger partial charge in [0.15, 0.2) is 11.6 Å². The summed E-state index contributed by atoms with van der Waals surface area (Å²) >= 11 is 0. The topological polar surface area (TPSA) is 62.7 Å². The van der Waals surface area contributed by atoms with Gasteiger partial charge in [0.05, 0.1) is 11.7 Å². The molecule has 0 aromatic carbocycles. The number of aromatic carboxylic acids is 1. The van der Waals surface area contributed by atoms with Crippen molar-refractivity contribution in [3.63, 3.8) is 0 Å². The van der Waals surface area contributed by atoms with Crippen LogP contribution in [0.25, 0.3) is 0 Å². The van der Waals surface area contributed by atoms with Crippen LogP contribution in [0.3, 0.4) is 0 Å². The van der Waals surface area contributed by atoms with Gasteiger partial charge in [0, 0.05) is 19.3 Å². The van der Waals surface area contributed by atoms with Crippen molar-refractivity contribution < 1.29 is 32.2 Å². The zero-order valence-electron chi connectivity index (χ0n) is 11.4. The van der Waals surface area contributed by atoms with Crippen molar-refractivity contribution in [3.8, 4) is 0 Å². The number of carbonyl (C=O) groups is 1. The molecule has 0 spiro atoms.